The average molecular weight is 359 g/mol. The first-order valence-electron chi connectivity index (χ1n) is 9.25. The summed E-state index contributed by atoms with van der Waals surface area (Å²) < 4.78 is 0. The molecule has 0 bridgehead atoms. The second-order valence-electron chi connectivity index (χ2n) is 7.28. The van der Waals surface area contributed by atoms with Gasteiger partial charge in [0.1, 0.15) is 0 Å². The van der Waals surface area contributed by atoms with Gasteiger partial charge in [-0.1, -0.05) is 36.4 Å². The van der Waals surface area contributed by atoms with Gasteiger partial charge in [0, 0.05) is 12.0 Å². The zero-order valence-electron chi connectivity index (χ0n) is 14.8. The van der Waals surface area contributed by atoms with Crippen molar-refractivity contribution in [2.75, 3.05) is 13.1 Å². The maximum absolute atomic E-state index is 13.2. The molecular weight excluding hydrogens is 332 g/mol. The Morgan fingerprint density at radius 3 is 2.40 bits per heavy atom. The summed E-state index contributed by atoms with van der Waals surface area (Å²) in [4.78, 5) is 15.4. The number of carbonyl (C=O) groups excluding carboxylic acids is 1. The molecule has 134 valence electrons. The minimum Gasteiger partial charge on any atom is -0.333 e. The molecule has 1 heterocycles. The number of amides is 1. The Labute approximate surface area is 156 Å². The molecule has 2 aromatic carbocycles. The Kier molecular flexibility index (Phi) is 5.65. The van der Waals surface area contributed by atoms with E-state index in [0.717, 1.165) is 38.8 Å². The molecule has 1 saturated heterocycles. The van der Waals surface area contributed by atoms with E-state index in [2.05, 4.69) is 59.6 Å². The summed E-state index contributed by atoms with van der Waals surface area (Å²) in [6, 6.07) is 15.7. The molecular formula is C21H27ClN2O. The average Bonchev–Trinajstić information content (AvgIpc) is 3.47. The van der Waals surface area contributed by atoms with Crippen molar-refractivity contribution in [2.24, 2.45) is 5.92 Å². The second-order valence-corrected chi connectivity index (χ2v) is 7.28. The summed E-state index contributed by atoms with van der Waals surface area (Å²) in [5.41, 5.74) is 1.25. The van der Waals surface area contributed by atoms with Crippen molar-refractivity contribution >= 4 is 29.1 Å². The first kappa shape index (κ1) is 18.2. The smallest absolute Gasteiger partial charge is 0.226 e. The van der Waals surface area contributed by atoms with Gasteiger partial charge in [0.05, 0.1) is 6.04 Å². The van der Waals surface area contributed by atoms with Crippen LogP contribution in [0.1, 0.15) is 44.2 Å². The highest BCUT2D eigenvalue weighted by Gasteiger charge is 2.39. The van der Waals surface area contributed by atoms with E-state index >= 15 is 0 Å². The van der Waals surface area contributed by atoms with Gasteiger partial charge in [-0.3, -0.25) is 4.79 Å². The van der Waals surface area contributed by atoms with Crippen molar-refractivity contribution in [3.8, 4) is 0 Å². The first-order chi connectivity index (χ1) is 11.7. The second kappa shape index (κ2) is 7.76. The Hall–Kier alpha value is -1.58. The molecule has 4 rings (SSSR count). The van der Waals surface area contributed by atoms with Crippen LogP contribution in [0.15, 0.2) is 42.5 Å². The van der Waals surface area contributed by atoms with E-state index in [1.165, 1.54) is 16.3 Å². The van der Waals surface area contributed by atoms with Crippen LogP contribution in [0.5, 0.6) is 0 Å². The fraction of sp³-hybridized carbons (Fsp3) is 0.476. The molecule has 0 aromatic heterocycles. The highest BCUT2D eigenvalue weighted by Crippen LogP contribution is 2.37. The van der Waals surface area contributed by atoms with Gasteiger partial charge in [-0.25, -0.2) is 0 Å². The summed E-state index contributed by atoms with van der Waals surface area (Å²) in [7, 11) is 0. The van der Waals surface area contributed by atoms with E-state index < -0.39 is 0 Å². The van der Waals surface area contributed by atoms with E-state index in [1.54, 1.807) is 0 Å². The lowest BCUT2D eigenvalue weighted by Gasteiger charge is -2.34. The Morgan fingerprint density at radius 2 is 1.72 bits per heavy atom. The van der Waals surface area contributed by atoms with Gasteiger partial charge in [0.25, 0.3) is 0 Å². The molecule has 0 radical (unpaired) electrons. The van der Waals surface area contributed by atoms with Crippen molar-refractivity contribution in [3.05, 3.63) is 48.0 Å². The number of hydrogen-bond donors (Lipinski definition) is 1. The van der Waals surface area contributed by atoms with E-state index in [1.807, 2.05) is 0 Å². The molecule has 2 aliphatic rings. The van der Waals surface area contributed by atoms with Crippen LogP contribution in [0, 0.1) is 5.92 Å². The molecule has 2 aromatic rings. The predicted molar refractivity (Wildman–Crippen MR) is 105 cm³/mol. The lowest BCUT2D eigenvalue weighted by Crippen LogP contribution is -2.43. The van der Waals surface area contributed by atoms with Crippen molar-refractivity contribution in [1.29, 1.82) is 0 Å². The van der Waals surface area contributed by atoms with Crippen LogP contribution in [-0.2, 0) is 4.79 Å². The maximum Gasteiger partial charge on any atom is 0.226 e. The number of nitrogens with one attached hydrogen (secondary N) is 1. The number of nitrogens with zero attached hydrogens (tertiary/aromatic N) is 1. The standard InChI is InChI=1S/C21H26N2O.ClH/c1-15(18-7-6-16-4-2-3-5-19(16)14-18)23(20-8-9-20)21(24)17-10-12-22-13-11-17;/h2-7,14-15,17,20,22H,8-13H2,1H3;1H. The van der Waals surface area contributed by atoms with E-state index in [9.17, 15) is 4.79 Å². The van der Waals surface area contributed by atoms with Crippen LogP contribution < -0.4 is 5.32 Å². The highest BCUT2D eigenvalue weighted by molar-refractivity contribution is 5.85. The Balaban J connectivity index is 0.00000182. The van der Waals surface area contributed by atoms with Crippen LogP contribution in [0.25, 0.3) is 10.8 Å². The third kappa shape index (κ3) is 3.83. The van der Waals surface area contributed by atoms with Crippen LogP contribution in [0.4, 0.5) is 0 Å². The molecule has 25 heavy (non-hydrogen) atoms. The summed E-state index contributed by atoms with van der Waals surface area (Å²) in [6.07, 6.45) is 4.28. The van der Waals surface area contributed by atoms with E-state index in [0.29, 0.717) is 11.9 Å². The molecule has 3 nitrogen and oxygen atoms in total. The van der Waals surface area contributed by atoms with Crippen molar-refractivity contribution in [1.82, 2.24) is 10.2 Å². The van der Waals surface area contributed by atoms with Crippen molar-refractivity contribution in [2.45, 2.75) is 44.7 Å². The summed E-state index contributed by atoms with van der Waals surface area (Å²) >= 11 is 0. The van der Waals surface area contributed by atoms with Crippen molar-refractivity contribution < 1.29 is 4.79 Å². The SMILES string of the molecule is CC(c1ccc2ccccc2c1)N(C(=O)C1CCNCC1)C1CC1.Cl. The highest BCUT2D eigenvalue weighted by atomic mass is 35.5. The maximum atomic E-state index is 13.2. The van der Waals surface area contributed by atoms with E-state index in [-0.39, 0.29) is 24.4 Å². The van der Waals surface area contributed by atoms with Gasteiger partial charge in [0.15, 0.2) is 0 Å². The predicted octanol–water partition coefficient (Wildman–Crippen LogP) is 4.31. The number of carbonyl (C=O) groups is 1. The molecule has 1 unspecified atom stereocenters. The quantitative estimate of drug-likeness (QED) is 0.883. The van der Waals surface area contributed by atoms with Gasteiger partial charge in [0.2, 0.25) is 5.91 Å². The van der Waals surface area contributed by atoms with Crippen LogP contribution in [0.3, 0.4) is 0 Å². The fourth-order valence-corrected chi connectivity index (χ4v) is 3.95. The van der Waals surface area contributed by atoms with Crippen LogP contribution in [0.2, 0.25) is 0 Å². The normalized spacial score (nSPS) is 19.2. The van der Waals surface area contributed by atoms with E-state index in [4.69, 9.17) is 0 Å². The molecule has 1 saturated carbocycles. The number of benzene rings is 2. The monoisotopic (exact) mass is 358 g/mol. The lowest BCUT2D eigenvalue weighted by molar-refractivity contribution is -0.139. The molecule has 0 spiro atoms. The minimum atomic E-state index is 0. The number of hydrogen-bond acceptors (Lipinski definition) is 2. The Bertz CT molecular complexity index is 738. The molecule has 1 aliphatic heterocycles. The molecule has 2 fully saturated rings. The van der Waals surface area contributed by atoms with Gasteiger partial charge in [-0.2, -0.15) is 0 Å². The topological polar surface area (TPSA) is 32.3 Å². The third-order valence-corrected chi connectivity index (χ3v) is 5.56. The first-order valence-corrected chi connectivity index (χ1v) is 9.25. The zero-order valence-corrected chi connectivity index (χ0v) is 15.6. The Morgan fingerprint density at radius 1 is 1.04 bits per heavy atom. The number of fused-ring (bicyclic) bond motifs is 1. The largest absolute Gasteiger partial charge is 0.333 e. The summed E-state index contributed by atoms with van der Waals surface area (Å²) in [5.74, 6) is 0.578. The molecule has 1 amide bonds. The number of rotatable bonds is 4. The summed E-state index contributed by atoms with van der Waals surface area (Å²) in [6.45, 7) is 4.14. The lowest BCUT2D eigenvalue weighted by atomic mass is 9.94. The van der Waals surface area contributed by atoms with Gasteiger partial charge in [-0.05, 0) is 68.1 Å². The molecule has 1 aliphatic carbocycles. The van der Waals surface area contributed by atoms with Gasteiger partial charge in [-0.15, -0.1) is 12.4 Å². The molecule has 1 N–H and O–H groups in total. The van der Waals surface area contributed by atoms with Crippen LogP contribution in [-0.4, -0.2) is 29.9 Å². The van der Waals surface area contributed by atoms with Gasteiger partial charge >= 0.3 is 0 Å². The summed E-state index contributed by atoms with van der Waals surface area (Å²) in [5, 5.41) is 5.88. The minimum absolute atomic E-state index is 0. The van der Waals surface area contributed by atoms with Crippen molar-refractivity contribution in [3.63, 3.8) is 0 Å². The number of halogens is 1. The molecule has 1 atom stereocenters. The molecule has 4 heteroatoms. The third-order valence-electron chi connectivity index (χ3n) is 5.56. The van der Waals surface area contributed by atoms with Crippen LogP contribution >= 0.6 is 12.4 Å². The zero-order chi connectivity index (χ0) is 16.5. The fourth-order valence-electron chi connectivity index (χ4n) is 3.95. The van der Waals surface area contributed by atoms with Gasteiger partial charge < -0.3 is 10.2 Å². The number of piperidine rings is 1.